The van der Waals surface area contributed by atoms with Crippen LogP contribution in [0.4, 0.5) is 4.39 Å². The largest absolute Gasteiger partial charge is 0.361 e. The van der Waals surface area contributed by atoms with Gasteiger partial charge in [0.15, 0.2) is 0 Å². The summed E-state index contributed by atoms with van der Waals surface area (Å²) in [6.07, 6.45) is 2.54. The van der Waals surface area contributed by atoms with Crippen LogP contribution in [-0.4, -0.2) is 4.98 Å². The first kappa shape index (κ1) is 11.0. The number of fused-ring (bicyclic) bond motifs is 1. The van der Waals surface area contributed by atoms with Crippen molar-refractivity contribution in [1.82, 2.24) is 4.98 Å². The van der Waals surface area contributed by atoms with Crippen LogP contribution in [0, 0.1) is 12.7 Å². The number of halogens is 1. The Bertz CT molecular complexity index is 683. The molecular formula is C16H14FN. The molecule has 2 heteroatoms. The SMILES string of the molecule is Cc1c[nH]c2c(Cc3ccccc3)c(F)ccc12. The molecule has 0 aliphatic rings. The first-order chi connectivity index (χ1) is 8.75. The standard InChI is InChI=1S/C16H14FN/c1-11-10-18-16-13(11)7-8-15(17)14(16)9-12-5-3-2-4-6-12/h2-8,10,18H,9H2,1H3. The van der Waals surface area contributed by atoms with E-state index in [1.807, 2.05) is 49.5 Å². The van der Waals surface area contributed by atoms with Gasteiger partial charge in [0.05, 0.1) is 5.52 Å². The lowest BCUT2D eigenvalue weighted by molar-refractivity contribution is 0.616. The fourth-order valence-electron chi connectivity index (χ4n) is 2.35. The third kappa shape index (κ3) is 1.80. The molecular weight excluding hydrogens is 225 g/mol. The van der Waals surface area contributed by atoms with E-state index in [-0.39, 0.29) is 5.82 Å². The summed E-state index contributed by atoms with van der Waals surface area (Å²) in [7, 11) is 0. The fourth-order valence-corrected chi connectivity index (χ4v) is 2.35. The second-order valence-corrected chi connectivity index (χ2v) is 4.58. The van der Waals surface area contributed by atoms with Gasteiger partial charge in [-0.2, -0.15) is 0 Å². The molecule has 3 rings (SSSR count). The van der Waals surface area contributed by atoms with Gasteiger partial charge in [-0.3, -0.25) is 0 Å². The lowest BCUT2D eigenvalue weighted by Gasteiger charge is -2.06. The van der Waals surface area contributed by atoms with Gasteiger partial charge < -0.3 is 4.98 Å². The molecule has 0 aliphatic carbocycles. The van der Waals surface area contributed by atoms with Crippen LogP contribution in [-0.2, 0) is 6.42 Å². The van der Waals surface area contributed by atoms with E-state index in [0.717, 1.165) is 27.6 Å². The maximum atomic E-state index is 14.0. The van der Waals surface area contributed by atoms with Crippen molar-refractivity contribution in [3.63, 3.8) is 0 Å². The van der Waals surface area contributed by atoms with Crippen molar-refractivity contribution in [2.75, 3.05) is 0 Å². The lowest BCUT2D eigenvalue weighted by atomic mass is 10.0. The van der Waals surface area contributed by atoms with Gasteiger partial charge in [-0.25, -0.2) is 4.39 Å². The maximum absolute atomic E-state index is 14.0. The molecule has 1 nitrogen and oxygen atoms in total. The molecule has 0 amide bonds. The zero-order chi connectivity index (χ0) is 12.5. The zero-order valence-electron chi connectivity index (χ0n) is 10.2. The van der Waals surface area contributed by atoms with Crippen LogP contribution in [0.5, 0.6) is 0 Å². The Morgan fingerprint density at radius 3 is 2.61 bits per heavy atom. The highest BCUT2D eigenvalue weighted by molar-refractivity contribution is 5.86. The molecule has 1 aromatic heterocycles. The average molecular weight is 239 g/mol. The number of aryl methyl sites for hydroxylation is 1. The third-order valence-electron chi connectivity index (χ3n) is 3.34. The predicted molar refractivity (Wildman–Crippen MR) is 72.2 cm³/mol. The molecule has 0 unspecified atom stereocenters. The number of hydrogen-bond acceptors (Lipinski definition) is 0. The van der Waals surface area contributed by atoms with Crippen molar-refractivity contribution >= 4 is 10.9 Å². The molecule has 0 atom stereocenters. The third-order valence-corrected chi connectivity index (χ3v) is 3.34. The Kier molecular flexibility index (Phi) is 2.63. The summed E-state index contributed by atoms with van der Waals surface area (Å²) >= 11 is 0. The minimum Gasteiger partial charge on any atom is -0.361 e. The van der Waals surface area contributed by atoms with Crippen LogP contribution in [0.1, 0.15) is 16.7 Å². The van der Waals surface area contributed by atoms with Gasteiger partial charge in [-0.05, 0) is 30.2 Å². The summed E-state index contributed by atoms with van der Waals surface area (Å²) in [4.78, 5) is 3.18. The molecule has 0 radical (unpaired) electrons. The number of aromatic amines is 1. The minimum absolute atomic E-state index is 0.145. The van der Waals surface area contributed by atoms with Gasteiger partial charge >= 0.3 is 0 Å². The Morgan fingerprint density at radius 2 is 1.83 bits per heavy atom. The van der Waals surface area contributed by atoms with Gasteiger partial charge in [-0.1, -0.05) is 30.3 Å². The summed E-state index contributed by atoms with van der Waals surface area (Å²) in [5.41, 5.74) is 3.93. The fraction of sp³-hybridized carbons (Fsp3) is 0.125. The van der Waals surface area contributed by atoms with Crippen LogP contribution in [0.25, 0.3) is 10.9 Å². The van der Waals surface area contributed by atoms with Crippen molar-refractivity contribution in [2.45, 2.75) is 13.3 Å². The Hall–Kier alpha value is -2.09. The molecule has 0 fully saturated rings. The molecule has 1 N–H and O–H groups in total. The smallest absolute Gasteiger partial charge is 0.128 e. The Morgan fingerprint density at radius 1 is 1.06 bits per heavy atom. The zero-order valence-corrected chi connectivity index (χ0v) is 10.2. The van der Waals surface area contributed by atoms with E-state index < -0.39 is 0 Å². The molecule has 0 spiro atoms. The summed E-state index contributed by atoms with van der Waals surface area (Å²) < 4.78 is 14.0. The van der Waals surface area contributed by atoms with Crippen LogP contribution in [0.15, 0.2) is 48.7 Å². The second kappa shape index (κ2) is 4.30. The lowest BCUT2D eigenvalue weighted by Crippen LogP contribution is -1.94. The minimum atomic E-state index is -0.145. The molecule has 3 aromatic rings. The predicted octanol–water partition coefficient (Wildman–Crippen LogP) is 4.21. The van der Waals surface area contributed by atoms with Crippen molar-refractivity contribution in [1.29, 1.82) is 0 Å². The summed E-state index contributed by atoms with van der Waals surface area (Å²) in [6, 6.07) is 13.4. The Balaban J connectivity index is 2.13. The number of aromatic nitrogens is 1. The van der Waals surface area contributed by atoms with Crippen molar-refractivity contribution < 1.29 is 4.39 Å². The highest BCUT2D eigenvalue weighted by Crippen LogP contribution is 2.25. The highest BCUT2D eigenvalue weighted by Gasteiger charge is 2.10. The molecule has 90 valence electrons. The van der Waals surface area contributed by atoms with Gasteiger partial charge in [0.2, 0.25) is 0 Å². The van der Waals surface area contributed by atoms with Crippen molar-refractivity contribution in [3.8, 4) is 0 Å². The van der Waals surface area contributed by atoms with E-state index in [9.17, 15) is 4.39 Å². The first-order valence-electron chi connectivity index (χ1n) is 6.04. The molecule has 0 aliphatic heterocycles. The summed E-state index contributed by atoms with van der Waals surface area (Å²) in [5, 5.41) is 1.10. The number of benzene rings is 2. The number of H-pyrrole nitrogens is 1. The Labute approximate surface area is 105 Å². The van der Waals surface area contributed by atoms with E-state index in [0.29, 0.717) is 6.42 Å². The highest BCUT2D eigenvalue weighted by atomic mass is 19.1. The van der Waals surface area contributed by atoms with E-state index in [4.69, 9.17) is 0 Å². The van der Waals surface area contributed by atoms with E-state index in [2.05, 4.69) is 4.98 Å². The van der Waals surface area contributed by atoms with E-state index in [1.54, 1.807) is 6.07 Å². The van der Waals surface area contributed by atoms with Gasteiger partial charge in [0.25, 0.3) is 0 Å². The van der Waals surface area contributed by atoms with Gasteiger partial charge in [0, 0.05) is 23.6 Å². The van der Waals surface area contributed by atoms with Crippen LogP contribution in [0.2, 0.25) is 0 Å². The molecule has 1 heterocycles. The second-order valence-electron chi connectivity index (χ2n) is 4.58. The topological polar surface area (TPSA) is 15.8 Å². The van der Waals surface area contributed by atoms with Crippen LogP contribution in [0.3, 0.4) is 0 Å². The average Bonchev–Trinajstić information content (AvgIpc) is 2.76. The number of nitrogens with one attached hydrogen (secondary N) is 1. The molecule has 0 bridgehead atoms. The van der Waals surface area contributed by atoms with Crippen molar-refractivity contribution in [2.24, 2.45) is 0 Å². The monoisotopic (exact) mass is 239 g/mol. The summed E-state index contributed by atoms with van der Waals surface area (Å²) in [5.74, 6) is -0.145. The summed E-state index contributed by atoms with van der Waals surface area (Å²) in [6.45, 7) is 2.03. The van der Waals surface area contributed by atoms with E-state index >= 15 is 0 Å². The maximum Gasteiger partial charge on any atom is 0.128 e. The van der Waals surface area contributed by atoms with E-state index in [1.165, 1.54) is 0 Å². The molecule has 18 heavy (non-hydrogen) atoms. The van der Waals surface area contributed by atoms with Crippen LogP contribution < -0.4 is 0 Å². The first-order valence-corrected chi connectivity index (χ1v) is 6.04. The molecule has 0 saturated heterocycles. The van der Waals surface area contributed by atoms with Gasteiger partial charge in [-0.15, -0.1) is 0 Å². The quantitative estimate of drug-likeness (QED) is 0.689. The number of rotatable bonds is 2. The molecule has 0 saturated carbocycles. The van der Waals surface area contributed by atoms with Crippen LogP contribution >= 0.6 is 0 Å². The molecule has 2 aromatic carbocycles. The number of hydrogen-bond donors (Lipinski definition) is 1. The van der Waals surface area contributed by atoms with Crippen molar-refractivity contribution in [3.05, 3.63) is 71.2 Å². The normalized spacial score (nSPS) is 11.0. The van der Waals surface area contributed by atoms with Gasteiger partial charge in [0.1, 0.15) is 5.82 Å².